The molecular formula is C42H24N4OS. The third-order valence-electron chi connectivity index (χ3n) is 8.98. The molecule has 0 aliphatic heterocycles. The molecule has 0 atom stereocenters. The quantitative estimate of drug-likeness (QED) is 0.193. The highest BCUT2D eigenvalue weighted by Crippen LogP contribution is 2.46. The highest BCUT2D eigenvalue weighted by atomic mass is 32.1. The summed E-state index contributed by atoms with van der Waals surface area (Å²) >= 11 is 1.82. The van der Waals surface area contributed by atoms with Crippen LogP contribution in [0.5, 0.6) is 0 Å². The van der Waals surface area contributed by atoms with Gasteiger partial charge in [0.25, 0.3) is 0 Å². The largest absolute Gasteiger partial charge is 0.455 e. The van der Waals surface area contributed by atoms with Crippen LogP contribution in [0.15, 0.2) is 150 Å². The molecule has 0 radical (unpaired) electrons. The molecule has 5 nitrogen and oxygen atoms in total. The van der Waals surface area contributed by atoms with Crippen LogP contribution in [0.3, 0.4) is 0 Å². The Morgan fingerprint density at radius 2 is 1.19 bits per heavy atom. The summed E-state index contributed by atoms with van der Waals surface area (Å²) in [5.74, 6) is 1.82. The van der Waals surface area contributed by atoms with Crippen molar-refractivity contribution in [3.63, 3.8) is 0 Å². The lowest BCUT2D eigenvalue weighted by atomic mass is 9.96. The van der Waals surface area contributed by atoms with E-state index in [-0.39, 0.29) is 0 Å². The van der Waals surface area contributed by atoms with Gasteiger partial charge in [0.2, 0.25) is 0 Å². The van der Waals surface area contributed by atoms with Crippen molar-refractivity contribution in [3.8, 4) is 45.3 Å². The molecule has 224 valence electrons. The van der Waals surface area contributed by atoms with E-state index in [2.05, 4.69) is 72.8 Å². The van der Waals surface area contributed by atoms with E-state index in [0.29, 0.717) is 17.5 Å². The number of thiophene rings is 1. The van der Waals surface area contributed by atoms with Gasteiger partial charge in [0.1, 0.15) is 11.2 Å². The van der Waals surface area contributed by atoms with Gasteiger partial charge < -0.3 is 4.42 Å². The lowest BCUT2D eigenvalue weighted by Gasteiger charge is -2.11. The summed E-state index contributed by atoms with van der Waals surface area (Å²) < 4.78 is 9.37. The summed E-state index contributed by atoms with van der Waals surface area (Å²) in [6, 6.07) is 47.8. The summed E-state index contributed by atoms with van der Waals surface area (Å²) in [5.41, 5.74) is 7.39. The van der Waals surface area contributed by atoms with Crippen LogP contribution in [0.2, 0.25) is 0 Å². The topological polar surface area (TPSA) is 64.7 Å². The molecule has 4 heterocycles. The summed E-state index contributed by atoms with van der Waals surface area (Å²) in [5, 5.41) is 5.46. The van der Waals surface area contributed by atoms with E-state index in [1.807, 2.05) is 84.3 Å². The van der Waals surface area contributed by atoms with Crippen molar-refractivity contribution in [1.82, 2.24) is 19.9 Å². The van der Waals surface area contributed by atoms with Crippen LogP contribution in [0.1, 0.15) is 0 Å². The van der Waals surface area contributed by atoms with E-state index in [4.69, 9.17) is 24.4 Å². The number of pyridine rings is 1. The van der Waals surface area contributed by atoms with Gasteiger partial charge in [-0.25, -0.2) is 15.0 Å². The van der Waals surface area contributed by atoms with Gasteiger partial charge in [-0.3, -0.25) is 4.98 Å². The molecule has 0 aliphatic rings. The van der Waals surface area contributed by atoms with Gasteiger partial charge in [-0.1, -0.05) is 103 Å². The molecule has 0 spiro atoms. The lowest BCUT2D eigenvalue weighted by Crippen LogP contribution is -2.00. The van der Waals surface area contributed by atoms with Crippen molar-refractivity contribution in [3.05, 3.63) is 146 Å². The Hall–Kier alpha value is -6.24. The third-order valence-corrected chi connectivity index (χ3v) is 10.2. The predicted molar refractivity (Wildman–Crippen MR) is 197 cm³/mol. The maximum atomic E-state index is 6.87. The van der Waals surface area contributed by atoms with Crippen LogP contribution in [-0.2, 0) is 0 Å². The first kappa shape index (κ1) is 26.9. The lowest BCUT2D eigenvalue weighted by molar-refractivity contribution is 0.670. The van der Waals surface area contributed by atoms with Gasteiger partial charge in [0.15, 0.2) is 17.5 Å². The average Bonchev–Trinajstić information content (AvgIpc) is 3.73. The fraction of sp³-hybridized carbons (Fsp3) is 0. The molecule has 0 amide bonds. The van der Waals surface area contributed by atoms with Crippen LogP contribution in [0.4, 0.5) is 0 Å². The zero-order valence-corrected chi connectivity index (χ0v) is 26.3. The predicted octanol–water partition coefficient (Wildman–Crippen LogP) is 11.4. The van der Waals surface area contributed by atoms with Crippen molar-refractivity contribution in [2.45, 2.75) is 0 Å². The molecule has 48 heavy (non-hydrogen) atoms. The van der Waals surface area contributed by atoms with Crippen LogP contribution in [-0.4, -0.2) is 19.9 Å². The Kier molecular flexibility index (Phi) is 5.98. The molecule has 10 aromatic rings. The van der Waals surface area contributed by atoms with Gasteiger partial charge in [0.05, 0.1) is 5.52 Å². The molecule has 0 fully saturated rings. The number of rotatable bonds is 4. The Labute approximate surface area is 278 Å². The summed E-state index contributed by atoms with van der Waals surface area (Å²) in [6.07, 6.45) is 1.83. The fourth-order valence-electron chi connectivity index (χ4n) is 6.73. The van der Waals surface area contributed by atoms with E-state index >= 15 is 0 Å². The van der Waals surface area contributed by atoms with Gasteiger partial charge in [-0.2, -0.15) is 0 Å². The van der Waals surface area contributed by atoms with E-state index in [1.54, 1.807) is 0 Å². The van der Waals surface area contributed by atoms with Crippen molar-refractivity contribution in [2.24, 2.45) is 0 Å². The number of hydrogen-bond donors (Lipinski definition) is 0. The summed E-state index contributed by atoms with van der Waals surface area (Å²) in [6.45, 7) is 0. The Morgan fingerprint density at radius 1 is 0.500 bits per heavy atom. The molecule has 0 aliphatic carbocycles. The molecule has 0 unspecified atom stereocenters. The number of hydrogen-bond acceptors (Lipinski definition) is 6. The van der Waals surface area contributed by atoms with Crippen molar-refractivity contribution in [1.29, 1.82) is 0 Å². The third kappa shape index (κ3) is 4.24. The van der Waals surface area contributed by atoms with Crippen LogP contribution in [0.25, 0.3) is 98.3 Å². The maximum Gasteiger partial charge on any atom is 0.164 e. The smallest absolute Gasteiger partial charge is 0.164 e. The maximum absolute atomic E-state index is 6.87. The second kappa shape index (κ2) is 10.7. The molecule has 6 heteroatoms. The number of furan rings is 1. The van der Waals surface area contributed by atoms with Crippen LogP contribution >= 0.6 is 11.3 Å². The standard InChI is InChI=1S/C42H24N4OS/c1-3-11-25(12-4-1)40-44-41(26-13-5-2-6-14-26)46-42(45-40)32-21-20-29(31-18-9-17-30-28-16-7-8-19-36(28)48-39(30)31)38-37(32)33-24-34-27(15-10-22-43-34)23-35(33)47-38/h1-24H. The zero-order valence-electron chi connectivity index (χ0n) is 25.5. The molecule has 0 bridgehead atoms. The number of nitrogens with zero attached hydrogens (tertiary/aromatic N) is 4. The zero-order chi connectivity index (χ0) is 31.6. The Bertz CT molecular complexity index is 2780. The Morgan fingerprint density at radius 3 is 1.98 bits per heavy atom. The molecule has 10 rings (SSSR count). The summed E-state index contributed by atoms with van der Waals surface area (Å²) in [4.78, 5) is 19.8. The minimum atomic E-state index is 0.586. The first-order valence-electron chi connectivity index (χ1n) is 15.8. The second-order valence-electron chi connectivity index (χ2n) is 11.8. The molecular weight excluding hydrogens is 609 g/mol. The van der Waals surface area contributed by atoms with Gasteiger partial charge >= 0.3 is 0 Å². The van der Waals surface area contributed by atoms with Crippen LogP contribution < -0.4 is 0 Å². The Balaban J connectivity index is 1.30. The van der Waals surface area contributed by atoms with Crippen molar-refractivity contribution >= 4 is 64.4 Å². The second-order valence-corrected chi connectivity index (χ2v) is 12.9. The SMILES string of the molecule is c1ccc(-c2nc(-c3ccccc3)nc(-c3ccc(-c4cccc5c4sc4ccccc45)c4oc5cc6cccnc6cc5c34)n2)cc1. The van der Waals surface area contributed by atoms with Gasteiger partial charge in [-0.05, 0) is 36.4 Å². The molecule has 0 saturated heterocycles. The molecule has 0 N–H and O–H groups in total. The highest BCUT2D eigenvalue weighted by molar-refractivity contribution is 7.26. The van der Waals surface area contributed by atoms with Crippen molar-refractivity contribution in [2.75, 3.05) is 0 Å². The molecule has 4 aromatic heterocycles. The highest BCUT2D eigenvalue weighted by Gasteiger charge is 2.22. The first-order valence-corrected chi connectivity index (χ1v) is 16.6. The summed E-state index contributed by atoms with van der Waals surface area (Å²) in [7, 11) is 0. The fourth-order valence-corrected chi connectivity index (χ4v) is 7.96. The monoisotopic (exact) mass is 632 g/mol. The molecule has 6 aromatic carbocycles. The number of benzene rings is 6. The number of fused-ring (bicyclic) bond motifs is 7. The van der Waals surface area contributed by atoms with E-state index in [9.17, 15) is 0 Å². The first-order chi connectivity index (χ1) is 23.8. The van der Waals surface area contributed by atoms with Gasteiger partial charge in [0, 0.05) is 70.3 Å². The van der Waals surface area contributed by atoms with Crippen LogP contribution in [0, 0.1) is 0 Å². The average molecular weight is 633 g/mol. The minimum absolute atomic E-state index is 0.586. The molecule has 0 saturated carbocycles. The van der Waals surface area contributed by atoms with E-state index in [1.165, 1.54) is 20.2 Å². The van der Waals surface area contributed by atoms with Crippen molar-refractivity contribution < 1.29 is 4.42 Å². The minimum Gasteiger partial charge on any atom is -0.455 e. The normalized spacial score (nSPS) is 11.8. The van der Waals surface area contributed by atoms with Gasteiger partial charge in [-0.15, -0.1) is 11.3 Å². The van der Waals surface area contributed by atoms with E-state index < -0.39 is 0 Å². The van der Waals surface area contributed by atoms with E-state index in [0.717, 1.165) is 60.7 Å². The number of aromatic nitrogens is 4.